The summed E-state index contributed by atoms with van der Waals surface area (Å²) < 4.78 is 4.53. The van der Waals surface area contributed by atoms with Crippen molar-refractivity contribution in [1.29, 1.82) is 0 Å². The van der Waals surface area contributed by atoms with Gasteiger partial charge in [-0.15, -0.1) is 0 Å². The molecule has 0 amide bonds. The maximum Gasteiger partial charge on any atom is 0.205 e. The number of nitrogens with two attached hydrogens (primary N) is 1. The molecule has 1 saturated heterocycles. The highest BCUT2D eigenvalue weighted by Gasteiger charge is 2.28. The van der Waals surface area contributed by atoms with Gasteiger partial charge in [-0.05, 0) is 51.7 Å². The first kappa shape index (κ1) is 14.2. The summed E-state index contributed by atoms with van der Waals surface area (Å²) in [4.78, 5) is 9.73. The molecular weight excluding hydrogens is 270 g/mol. The quantitative estimate of drug-likeness (QED) is 0.809. The lowest BCUT2D eigenvalue weighted by atomic mass is 10.3. The van der Waals surface area contributed by atoms with Crippen molar-refractivity contribution in [2.75, 3.05) is 44.2 Å². The predicted molar refractivity (Wildman–Crippen MR) is 83.4 cm³/mol. The largest absolute Gasteiger partial charge is 0.346 e. The molecule has 1 aliphatic heterocycles. The zero-order chi connectivity index (χ0) is 13.8. The molecule has 2 heterocycles. The van der Waals surface area contributed by atoms with Crippen LogP contribution >= 0.6 is 11.5 Å². The van der Waals surface area contributed by atoms with Crippen LogP contribution in [0.15, 0.2) is 0 Å². The minimum atomic E-state index is 0.666. The van der Waals surface area contributed by atoms with Crippen molar-refractivity contribution in [3.63, 3.8) is 0 Å². The SMILES string of the molecule is NCCCCN1CCCN(c2nc(C3CC3)ns2)CC1. The molecule has 1 aromatic heterocycles. The summed E-state index contributed by atoms with van der Waals surface area (Å²) in [6.45, 7) is 6.55. The number of unbranched alkanes of at least 4 members (excludes halogenated alkanes) is 1. The monoisotopic (exact) mass is 295 g/mol. The lowest BCUT2D eigenvalue weighted by Gasteiger charge is -2.21. The lowest BCUT2D eigenvalue weighted by Crippen LogP contribution is -2.31. The molecule has 2 N–H and O–H groups in total. The first-order valence-electron chi connectivity index (χ1n) is 7.88. The van der Waals surface area contributed by atoms with E-state index in [-0.39, 0.29) is 0 Å². The minimum Gasteiger partial charge on any atom is -0.346 e. The molecule has 6 heteroatoms. The van der Waals surface area contributed by atoms with E-state index in [1.165, 1.54) is 38.8 Å². The zero-order valence-corrected chi connectivity index (χ0v) is 12.9. The average molecular weight is 295 g/mol. The Morgan fingerprint density at radius 3 is 2.85 bits per heavy atom. The van der Waals surface area contributed by atoms with Gasteiger partial charge in [0.2, 0.25) is 5.13 Å². The number of nitrogens with zero attached hydrogens (tertiary/aromatic N) is 4. The topological polar surface area (TPSA) is 58.3 Å². The van der Waals surface area contributed by atoms with Crippen molar-refractivity contribution in [1.82, 2.24) is 14.3 Å². The van der Waals surface area contributed by atoms with Gasteiger partial charge >= 0.3 is 0 Å². The molecule has 5 nitrogen and oxygen atoms in total. The number of hydrogen-bond acceptors (Lipinski definition) is 6. The average Bonchev–Trinajstić information content (AvgIpc) is 3.24. The lowest BCUT2D eigenvalue weighted by molar-refractivity contribution is 0.288. The van der Waals surface area contributed by atoms with E-state index in [1.807, 2.05) is 0 Å². The van der Waals surface area contributed by atoms with E-state index in [2.05, 4.69) is 14.2 Å². The van der Waals surface area contributed by atoms with Crippen LogP contribution in [0.1, 0.15) is 43.8 Å². The molecule has 0 unspecified atom stereocenters. The van der Waals surface area contributed by atoms with Crippen molar-refractivity contribution in [3.8, 4) is 0 Å². The molecule has 2 fully saturated rings. The van der Waals surface area contributed by atoms with Gasteiger partial charge in [-0.1, -0.05) is 0 Å². The number of hydrogen-bond donors (Lipinski definition) is 1. The Morgan fingerprint density at radius 2 is 2.05 bits per heavy atom. The third-order valence-corrected chi connectivity index (χ3v) is 4.95. The van der Waals surface area contributed by atoms with E-state index in [1.54, 1.807) is 11.5 Å². The molecule has 0 spiro atoms. The van der Waals surface area contributed by atoms with E-state index < -0.39 is 0 Å². The molecule has 1 saturated carbocycles. The standard InChI is InChI=1S/C14H25N5S/c15-6-1-2-7-18-8-3-9-19(11-10-18)14-16-13(17-20-14)12-4-5-12/h12H,1-11,15H2. The summed E-state index contributed by atoms with van der Waals surface area (Å²) in [5.74, 6) is 1.76. The van der Waals surface area contributed by atoms with Crippen LogP contribution in [0.4, 0.5) is 5.13 Å². The first-order valence-corrected chi connectivity index (χ1v) is 8.65. The van der Waals surface area contributed by atoms with Crippen LogP contribution in [0.2, 0.25) is 0 Å². The maximum atomic E-state index is 5.56. The summed E-state index contributed by atoms with van der Waals surface area (Å²) in [6, 6.07) is 0. The molecule has 0 atom stereocenters. The number of anilines is 1. The van der Waals surface area contributed by atoms with Crippen LogP contribution in [0.3, 0.4) is 0 Å². The van der Waals surface area contributed by atoms with Gasteiger partial charge in [0.15, 0.2) is 0 Å². The van der Waals surface area contributed by atoms with Crippen LogP contribution in [0.5, 0.6) is 0 Å². The van der Waals surface area contributed by atoms with Crippen LogP contribution in [-0.2, 0) is 0 Å². The summed E-state index contributed by atoms with van der Waals surface area (Å²) in [6.07, 6.45) is 6.15. The summed E-state index contributed by atoms with van der Waals surface area (Å²) in [7, 11) is 0. The maximum absolute atomic E-state index is 5.56. The molecule has 0 aromatic carbocycles. The van der Waals surface area contributed by atoms with Gasteiger partial charge < -0.3 is 15.5 Å². The van der Waals surface area contributed by atoms with Crippen molar-refractivity contribution in [3.05, 3.63) is 5.82 Å². The summed E-state index contributed by atoms with van der Waals surface area (Å²) >= 11 is 1.59. The van der Waals surface area contributed by atoms with E-state index >= 15 is 0 Å². The summed E-state index contributed by atoms with van der Waals surface area (Å²) in [5, 5.41) is 1.13. The van der Waals surface area contributed by atoms with Gasteiger partial charge in [0.05, 0.1) is 0 Å². The molecule has 3 rings (SSSR count). The van der Waals surface area contributed by atoms with Gasteiger partial charge in [0, 0.05) is 37.1 Å². The molecule has 0 bridgehead atoms. The van der Waals surface area contributed by atoms with Crippen LogP contribution in [-0.4, -0.2) is 53.5 Å². The fourth-order valence-corrected chi connectivity index (χ4v) is 3.53. The second-order valence-corrected chi connectivity index (χ2v) is 6.62. The predicted octanol–water partition coefficient (Wildman–Crippen LogP) is 1.67. The Bertz CT molecular complexity index is 417. The van der Waals surface area contributed by atoms with Crippen molar-refractivity contribution >= 4 is 16.7 Å². The van der Waals surface area contributed by atoms with Crippen LogP contribution in [0, 0.1) is 0 Å². The third-order valence-electron chi connectivity index (χ3n) is 4.16. The highest BCUT2D eigenvalue weighted by Crippen LogP contribution is 2.39. The van der Waals surface area contributed by atoms with Crippen molar-refractivity contribution < 1.29 is 0 Å². The highest BCUT2D eigenvalue weighted by atomic mass is 32.1. The Hall–Kier alpha value is -0.720. The Labute approximate surface area is 125 Å². The molecule has 20 heavy (non-hydrogen) atoms. The van der Waals surface area contributed by atoms with Gasteiger partial charge in [-0.2, -0.15) is 4.37 Å². The van der Waals surface area contributed by atoms with Crippen LogP contribution < -0.4 is 10.6 Å². The Balaban J connectivity index is 1.50. The number of aromatic nitrogens is 2. The van der Waals surface area contributed by atoms with E-state index in [0.717, 1.165) is 43.6 Å². The van der Waals surface area contributed by atoms with Gasteiger partial charge in [0.1, 0.15) is 5.82 Å². The second-order valence-electron chi connectivity index (χ2n) is 5.89. The Kier molecular flexibility index (Phi) is 4.86. The smallest absolute Gasteiger partial charge is 0.205 e. The fraction of sp³-hybridized carbons (Fsp3) is 0.857. The fourth-order valence-electron chi connectivity index (χ4n) is 2.73. The highest BCUT2D eigenvalue weighted by molar-refractivity contribution is 7.09. The van der Waals surface area contributed by atoms with Gasteiger partial charge in [0.25, 0.3) is 0 Å². The van der Waals surface area contributed by atoms with Crippen molar-refractivity contribution in [2.24, 2.45) is 5.73 Å². The van der Waals surface area contributed by atoms with E-state index in [4.69, 9.17) is 10.7 Å². The molecule has 1 aliphatic carbocycles. The molecule has 2 aliphatic rings. The third kappa shape index (κ3) is 3.68. The first-order chi connectivity index (χ1) is 9.86. The minimum absolute atomic E-state index is 0.666. The van der Waals surface area contributed by atoms with Gasteiger partial charge in [-0.25, -0.2) is 4.98 Å². The van der Waals surface area contributed by atoms with Gasteiger partial charge in [-0.3, -0.25) is 0 Å². The molecule has 1 aromatic rings. The van der Waals surface area contributed by atoms with Crippen molar-refractivity contribution in [2.45, 2.75) is 38.0 Å². The summed E-state index contributed by atoms with van der Waals surface area (Å²) in [5.41, 5.74) is 5.56. The molecule has 112 valence electrons. The Morgan fingerprint density at radius 1 is 1.15 bits per heavy atom. The van der Waals surface area contributed by atoms with E-state index in [9.17, 15) is 0 Å². The molecule has 0 radical (unpaired) electrons. The second kappa shape index (κ2) is 6.83. The van der Waals surface area contributed by atoms with Crippen LogP contribution in [0.25, 0.3) is 0 Å². The molecular formula is C14H25N5S. The number of rotatable bonds is 6. The van der Waals surface area contributed by atoms with E-state index in [0.29, 0.717) is 5.92 Å². The zero-order valence-electron chi connectivity index (χ0n) is 12.1. The normalized spacial score (nSPS) is 21.1.